The smallest absolute Gasteiger partial charge is 0.325 e. The fourth-order valence-electron chi connectivity index (χ4n) is 3.81. The standard InChI is InChI=1S/C25H25N3O4S/c1-17-9-12-19(13-10-17)33(31,32)23-16-22-21(27(2)25(30)28(22)3)15-20(23)26-24(29)14-11-18-7-5-4-6-8-18/h4-10,12-13,15-16H,11,14H2,1-3H3,(H,26,29). The third-order valence-corrected chi connectivity index (χ3v) is 7.56. The number of amides is 1. The third kappa shape index (κ3) is 4.34. The van der Waals surface area contributed by atoms with E-state index in [9.17, 15) is 18.0 Å². The van der Waals surface area contributed by atoms with Gasteiger partial charge in [0.05, 0.1) is 26.5 Å². The van der Waals surface area contributed by atoms with E-state index in [1.54, 1.807) is 44.4 Å². The topological polar surface area (TPSA) is 90.2 Å². The average molecular weight is 464 g/mol. The first-order valence-electron chi connectivity index (χ1n) is 10.5. The Kier molecular flexibility index (Phi) is 5.95. The largest absolute Gasteiger partial charge is 0.328 e. The summed E-state index contributed by atoms with van der Waals surface area (Å²) in [5.74, 6) is -0.306. The number of hydrogen-bond acceptors (Lipinski definition) is 4. The van der Waals surface area contributed by atoms with Gasteiger partial charge in [0, 0.05) is 20.5 Å². The molecule has 1 aromatic heterocycles. The van der Waals surface area contributed by atoms with E-state index in [1.165, 1.54) is 15.2 Å². The monoisotopic (exact) mass is 463 g/mol. The van der Waals surface area contributed by atoms with Crippen molar-refractivity contribution in [3.63, 3.8) is 0 Å². The van der Waals surface area contributed by atoms with E-state index in [1.807, 2.05) is 37.3 Å². The van der Waals surface area contributed by atoms with Crippen LogP contribution in [0.1, 0.15) is 17.5 Å². The van der Waals surface area contributed by atoms with Crippen molar-refractivity contribution in [2.75, 3.05) is 5.32 Å². The fraction of sp³-hybridized carbons (Fsp3) is 0.200. The van der Waals surface area contributed by atoms with Gasteiger partial charge in [0.15, 0.2) is 0 Å². The van der Waals surface area contributed by atoms with Crippen LogP contribution in [0.5, 0.6) is 0 Å². The SMILES string of the molecule is Cc1ccc(S(=O)(=O)c2cc3c(cc2NC(=O)CCc2ccccc2)n(C)c(=O)n3C)cc1. The highest BCUT2D eigenvalue weighted by Crippen LogP contribution is 2.32. The molecule has 0 saturated carbocycles. The van der Waals surface area contributed by atoms with Crippen molar-refractivity contribution >= 4 is 32.5 Å². The van der Waals surface area contributed by atoms with E-state index in [0.29, 0.717) is 17.5 Å². The van der Waals surface area contributed by atoms with Gasteiger partial charge in [-0.1, -0.05) is 48.0 Å². The molecule has 3 aromatic carbocycles. The number of imidazole rings is 1. The second-order valence-electron chi connectivity index (χ2n) is 8.09. The lowest BCUT2D eigenvalue weighted by atomic mass is 10.1. The summed E-state index contributed by atoms with van der Waals surface area (Å²) in [7, 11) is -0.751. The molecule has 1 N–H and O–H groups in total. The molecule has 0 aliphatic carbocycles. The maximum atomic E-state index is 13.5. The van der Waals surface area contributed by atoms with Crippen LogP contribution in [-0.2, 0) is 35.1 Å². The lowest BCUT2D eigenvalue weighted by molar-refractivity contribution is -0.116. The lowest BCUT2D eigenvalue weighted by Crippen LogP contribution is -2.19. The number of aromatic nitrogens is 2. The lowest BCUT2D eigenvalue weighted by Gasteiger charge is -2.14. The molecular weight excluding hydrogens is 438 g/mol. The van der Waals surface area contributed by atoms with E-state index in [-0.39, 0.29) is 33.5 Å². The van der Waals surface area contributed by atoms with Gasteiger partial charge in [-0.25, -0.2) is 13.2 Å². The quantitative estimate of drug-likeness (QED) is 0.473. The molecule has 0 atom stereocenters. The number of aryl methyl sites for hydroxylation is 4. The number of benzene rings is 3. The number of nitrogens with one attached hydrogen (secondary N) is 1. The van der Waals surface area contributed by atoms with Crippen LogP contribution < -0.4 is 11.0 Å². The van der Waals surface area contributed by atoms with Gasteiger partial charge in [-0.05, 0) is 43.2 Å². The molecule has 8 heteroatoms. The molecule has 4 rings (SSSR count). The Hall–Kier alpha value is -3.65. The molecule has 1 heterocycles. The summed E-state index contributed by atoms with van der Waals surface area (Å²) in [4.78, 5) is 25.3. The molecule has 0 spiro atoms. The normalized spacial score (nSPS) is 11.6. The first kappa shape index (κ1) is 22.5. The zero-order valence-electron chi connectivity index (χ0n) is 18.7. The van der Waals surface area contributed by atoms with Crippen molar-refractivity contribution < 1.29 is 13.2 Å². The number of nitrogens with zero attached hydrogens (tertiary/aromatic N) is 2. The van der Waals surface area contributed by atoms with Crippen LogP contribution in [0.3, 0.4) is 0 Å². The zero-order valence-corrected chi connectivity index (χ0v) is 19.5. The van der Waals surface area contributed by atoms with Gasteiger partial charge in [-0.3, -0.25) is 13.9 Å². The number of fused-ring (bicyclic) bond motifs is 1. The van der Waals surface area contributed by atoms with Crippen LogP contribution in [0.2, 0.25) is 0 Å². The minimum absolute atomic E-state index is 0.0480. The van der Waals surface area contributed by atoms with Crippen LogP contribution in [0, 0.1) is 6.92 Å². The van der Waals surface area contributed by atoms with E-state index in [4.69, 9.17) is 0 Å². The Morgan fingerprint density at radius 2 is 1.52 bits per heavy atom. The molecule has 170 valence electrons. The highest BCUT2D eigenvalue weighted by atomic mass is 32.2. The first-order chi connectivity index (χ1) is 15.7. The predicted molar refractivity (Wildman–Crippen MR) is 128 cm³/mol. The minimum atomic E-state index is -3.95. The predicted octanol–water partition coefficient (Wildman–Crippen LogP) is 3.59. The first-order valence-corrected chi connectivity index (χ1v) is 12.0. The van der Waals surface area contributed by atoms with Crippen molar-refractivity contribution in [3.8, 4) is 0 Å². The van der Waals surface area contributed by atoms with Crippen LogP contribution >= 0.6 is 0 Å². The number of carbonyl (C=O) groups excluding carboxylic acids is 1. The number of rotatable bonds is 6. The van der Waals surface area contributed by atoms with Gasteiger partial charge in [0.25, 0.3) is 0 Å². The molecular formula is C25H25N3O4S. The van der Waals surface area contributed by atoms with E-state index < -0.39 is 9.84 Å². The van der Waals surface area contributed by atoms with Gasteiger partial charge in [0.2, 0.25) is 15.7 Å². The summed E-state index contributed by atoms with van der Waals surface area (Å²) < 4.78 is 29.9. The highest BCUT2D eigenvalue weighted by molar-refractivity contribution is 7.91. The summed E-state index contributed by atoms with van der Waals surface area (Å²) in [5, 5.41) is 2.77. The Balaban J connectivity index is 1.78. The molecule has 0 unspecified atom stereocenters. The van der Waals surface area contributed by atoms with Gasteiger partial charge < -0.3 is 5.32 Å². The molecule has 0 bridgehead atoms. The van der Waals surface area contributed by atoms with E-state index >= 15 is 0 Å². The Bertz CT molecular complexity index is 1500. The Morgan fingerprint density at radius 3 is 2.15 bits per heavy atom. The third-order valence-electron chi connectivity index (χ3n) is 5.75. The molecule has 1 amide bonds. The Morgan fingerprint density at radius 1 is 0.909 bits per heavy atom. The number of carbonyl (C=O) groups is 1. The molecule has 7 nitrogen and oxygen atoms in total. The maximum absolute atomic E-state index is 13.5. The van der Waals surface area contributed by atoms with Crippen LogP contribution in [0.4, 0.5) is 5.69 Å². The van der Waals surface area contributed by atoms with E-state index in [0.717, 1.165) is 11.1 Å². The second-order valence-corrected chi connectivity index (χ2v) is 10.0. The maximum Gasteiger partial charge on any atom is 0.328 e. The molecule has 4 aromatic rings. The molecule has 0 fully saturated rings. The van der Waals surface area contributed by atoms with Crippen molar-refractivity contribution in [1.82, 2.24) is 9.13 Å². The van der Waals surface area contributed by atoms with Gasteiger partial charge in [0.1, 0.15) is 0 Å². The Labute approximate surface area is 192 Å². The van der Waals surface area contributed by atoms with Gasteiger partial charge >= 0.3 is 5.69 Å². The van der Waals surface area contributed by atoms with Crippen molar-refractivity contribution in [1.29, 1.82) is 0 Å². The second kappa shape index (κ2) is 8.71. The average Bonchev–Trinajstić information content (AvgIpc) is 3.01. The fourth-order valence-corrected chi connectivity index (χ4v) is 5.22. The van der Waals surface area contributed by atoms with Gasteiger partial charge in [-0.15, -0.1) is 0 Å². The summed E-state index contributed by atoms with van der Waals surface area (Å²) in [6, 6.07) is 19.1. The summed E-state index contributed by atoms with van der Waals surface area (Å²) >= 11 is 0. The minimum Gasteiger partial charge on any atom is -0.325 e. The number of hydrogen-bond donors (Lipinski definition) is 1. The molecule has 0 aliphatic rings. The zero-order chi connectivity index (χ0) is 23.8. The van der Waals surface area contributed by atoms with Crippen LogP contribution in [0.25, 0.3) is 11.0 Å². The van der Waals surface area contributed by atoms with Crippen LogP contribution in [-0.4, -0.2) is 23.5 Å². The van der Waals surface area contributed by atoms with Crippen molar-refractivity contribution in [3.05, 3.63) is 88.3 Å². The molecule has 0 aliphatic heterocycles. The summed E-state index contributed by atoms with van der Waals surface area (Å²) in [5.41, 5.74) is 2.82. The number of anilines is 1. The van der Waals surface area contributed by atoms with E-state index in [2.05, 4.69) is 5.32 Å². The van der Waals surface area contributed by atoms with Crippen molar-refractivity contribution in [2.45, 2.75) is 29.6 Å². The van der Waals surface area contributed by atoms with Crippen molar-refractivity contribution in [2.24, 2.45) is 14.1 Å². The molecule has 33 heavy (non-hydrogen) atoms. The molecule has 0 radical (unpaired) electrons. The molecule has 0 saturated heterocycles. The van der Waals surface area contributed by atoms with Gasteiger partial charge in [-0.2, -0.15) is 0 Å². The summed E-state index contributed by atoms with van der Waals surface area (Å²) in [6.07, 6.45) is 0.721. The van der Waals surface area contributed by atoms with Crippen LogP contribution in [0.15, 0.2) is 81.3 Å². The number of sulfone groups is 1. The summed E-state index contributed by atoms with van der Waals surface area (Å²) in [6.45, 7) is 1.88. The highest BCUT2D eigenvalue weighted by Gasteiger charge is 2.25.